The van der Waals surface area contributed by atoms with E-state index in [0.717, 1.165) is 41.6 Å². The van der Waals surface area contributed by atoms with Crippen molar-refractivity contribution < 1.29 is 4.74 Å². The zero-order valence-corrected chi connectivity index (χ0v) is 12.6. The molecular formula is C17H23N3O. The van der Waals surface area contributed by atoms with Crippen LogP contribution < -0.4 is 10.5 Å². The Morgan fingerprint density at radius 2 is 2.24 bits per heavy atom. The zero-order valence-electron chi connectivity index (χ0n) is 12.6. The van der Waals surface area contributed by atoms with E-state index in [0.29, 0.717) is 12.0 Å². The number of nitrogen functional groups attached to an aromatic ring is 1. The van der Waals surface area contributed by atoms with E-state index in [9.17, 15) is 0 Å². The van der Waals surface area contributed by atoms with Gasteiger partial charge in [-0.2, -0.15) is 0 Å². The Bertz CT molecular complexity index is 663. The average Bonchev–Trinajstić information content (AvgIpc) is 3.17. The molecule has 3 atom stereocenters. The molecule has 3 unspecified atom stereocenters. The molecule has 2 fully saturated rings. The number of imidazole rings is 1. The minimum atomic E-state index is 0.537. The van der Waals surface area contributed by atoms with Gasteiger partial charge in [-0.05, 0) is 49.7 Å². The van der Waals surface area contributed by atoms with E-state index in [1.54, 1.807) is 0 Å². The van der Waals surface area contributed by atoms with Crippen LogP contribution in [0.1, 0.15) is 45.1 Å². The second-order valence-corrected chi connectivity index (χ2v) is 6.55. The second-order valence-electron chi connectivity index (χ2n) is 6.55. The van der Waals surface area contributed by atoms with Crippen LogP contribution in [0.15, 0.2) is 18.2 Å². The molecule has 2 N–H and O–H groups in total. The van der Waals surface area contributed by atoms with Crippen LogP contribution in [0.2, 0.25) is 0 Å². The molecule has 0 saturated heterocycles. The van der Waals surface area contributed by atoms with Gasteiger partial charge in [-0.3, -0.25) is 0 Å². The highest BCUT2D eigenvalue weighted by molar-refractivity contribution is 5.84. The molecule has 1 aromatic heterocycles. The summed E-state index contributed by atoms with van der Waals surface area (Å²) in [6, 6.07) is 6.71. The average molecular weight is 285 g/mol. The molecule has 2 saturated carbocycles. The van der Waals surface area contributed by atoms with E-state index >= 15 is 0 Å². The first-order valence-electron chi connectivity index (χ1n) is 8.17. The summed E-state index contributed by atoms with van der Waals surface area (Å²) in [4.78, 5) is 4.61. The first kappa shape index (κ1) is 13.0. The molecule has 2 aliphatic rings. The third kappa shape index (κ3) is 2.00. The number of rotatable bonds is 4. The van der Waals surface area contributed by atoms with Crippen LogP contribution >= 0.6 is 0 Å². The van der Waals surface area contributed by atoms with E-state index < -0.39 is 0 Å². The van der Waals surface area contributed by atoms with Gasteiger partial charge in [0.2, 0.25) is 5.95 Å². The number of hydrogen-bond donors (Lipinski definition) is 1. The molecule has 21 heavy (non-hydrogen) atoms. The fourth-order valence-corrected chi connectivity index (χ4v) is 4.31. The van der Waals surface area contributed by atoms with Crippen molar-refractivity contribution in [2.75, 3.05) is 12.3 Å². The molecule has 112 valence electrons. The lowest BCUT2D eigenvalue weighted by atomic mass is 9.95. The molecular weight excluding hydrogens is 262 g/mol. The van der Waals surface area contributed by atoms with Crippen molar-refractivity contribution in [1.29, 1.82) is 0 Å². The maximum Gasteiger partial charge on any atom is 0.201 e. The normalized spacial score (nSPS) is 27.6. The van der Waals surface area contributed by atoms with Gasteiger partial charge in [0.1, 0.15) is 11.3 Å². The summed E-state index contributed by atoms with van der Waals surface area (Å²) in [5.74, 6) is 3.20. The highest BCUT2D eigenvalue weighted by Gasteiger charge is 2.41. The summed E-state index contributed by atoms with van der Waals surface area (Å²) < 4.78 is 8.11. The molecule has 0 amide bonds. The van der Waals surface area contributed by atoms with Crippen molar-refractivity contribution in [3.63, 3.8) is 0 Å². The van der Waals surface area contributed by atoms with Crippen molar-refractivity contribution in [2.24, 2.45) is 11.8 Å². The van der Waals surface area contributed by atoms with Crippen LogP contribution in [-0.4, -0.2) is 16.2 Å². The first-order chi connectivity index (χ1) is 10.3. The molecule has 2 aliphatic carbocycles. The smallest absolute Gasteiger partial charge is 0.201 e. The van der Waals surface area contributed by atoms with E-state index in [4.69, 9.17) is 10.5 Å². The van der Waals surface area contributed by atoms with Crippen molar-refractivity contribution in [3.05, 3.63) is 18.2 Å². The van der Waals surface area contributed by atoms with Crippen LogP contribution in [-0.2, 0) is 0 Å². The van der Waals surface area contributed by atoms with Gasteiger partial charge < -0.3 is 15.0 Å². The lowest BCUT2D eigenvalue weighted by Crippen LogP contribution is -2.17. The maximum atomic E-state index is 6.26. The first-order valence-corrected chi connectivity index (χ1v) is 8.17. The molecule has 4 nitrogen and oxygen atoms in total. The molecule has 0 radical (unpaired) electrons. The number of ether oxygens (including phenoxy) is 1. The summed E-state index contributed by atoms with van der Waals surface area (Å²) in [6.45, 7) is 2.84. The van der Waals surface area contributed by atoms with Crippen LogP contribution in [0.25, 0.3) is 11.0 Å². The summed E-state index contributed by atoms with van der Waals surface area (Å²) in [7, 11) is 0. The van der Waals surface area contributed by atoms with E-state index in [-0.39, 0.29) is 0 Å². The molecule has 4 heteroatoms. The lowest BCUT2D eigenvalue weighted by Gasteiger charge is -2.24. The Labute approximate surface area is 125 Å². The van der Waals surface area contributed by atoms with Crippen LogP contribution in [0, 0.1) is 11.8 Å². The maximum absolute atomic E-state index is 6.26. The third-order valence-electron chi connectivity index (χ3n) is 5.20. The number of nitrogens with zero attached hydrogens (tertiary/aromatic N) is 2. The van der Waals surface area contributed by atoms with E-state index in [2.05, 4.69) is 28.6 Å². The quantitative estimate of drug-likeness (QED) is 0.930. The van der Waals surface area contributed by atoms with Crippen LogP contribution in [0.4, 0.5) is 5.95 Å². The van der Waals surface area contributed by atoms with E-state index in [1.165, 1.54) is 25.7 Å². The largest absolute Gasteiger partial charge is 0.491 e. The summed E-state index contributed by atoms with van der Waals surface area (Å²) in [6.07, 6.45) is 6.38. The van der Waals surface area contributed by atoms with Crippen LogP contribution in [0.3, 0.4) is 0 Å². The van der Waals surface area contributed by atoms with Gasteiger partial charge in [-0.25, -0.2) is 4.98 Å². The van der Waals surface area contributed by atoms with Crippen LogP contribution in [0.5, 0.6) is 5.75 Å². The van der Waals surface area contributed by atoms with Gasteiger partial charge in [-0.1, -0.05) is 19.4 Å². The van der Waals surface area contributed by atoms with Gasteiger partial charge in [0.05, 0.1) is 12.1 Å². The fourth-order valence-electron chi connectivity index (χ4n) is 4.31. The summed E-state index contributed by atoms with van der Waals surface area (Å²) in [5, 5.41) is 0. The topological polar surface area (TPSA) is 53.1 Å². The van der Waals surface area contributed by atoms with Gasteiger partial charge in [0.15, 0.2) is 0 Å². The number of benzene rings is 1. The Kier molecular flexibility index (Phi) is 3.05. The van der Waals surface area contributed by atoms with Gasteiger partial charge >= 0.3 is 0 Å². The second kappa shape index (κ2) is 4.93. The van der Waals surface area contributed by atoms with Crippen molar-refractivity contribution in [2.45, 2.75) is 45.1 Å². The van der Waals surface area contributed by atoms with E-state index in [1.807, 2.05) is 6.07 Å². The highest BCUT2D eigenvalue weighted by Crippen LogP contribution is 2.52. The number of hydrogen-bond acceptors (Lipinski definition) is 3. The number of anilines is 1. The van der Waals surface area contributed by atoms with Crippen molar-refractivity contribution in [1.82, 2.24) is 9.55 Å². The predicted molar refractivity (Wildman–Crippen MR) is 84.4 cm³/mol. The molecule has 2 aromatic rings. The van der Waals surface area contributed by atoms with Crippen molar-refractivity contribution in [3.8, 4) is 5.75 Å². The Hall–Kier alpha value is -1.71. The third-order valence-corrected chi connectivity index (χ3v) is 5.20. The Balaban J connectivity index is 1.77. The predicted octanol–water partition coefficient (Wildman–Crippen LogP) is 3.77. The monoisotopic (exact) mass is 285 g/mol. The summed E-state index contributed by atoms with van der Waals surface area (Å²) in [5.41, 5.74) is 8.32. The van der Waals surface area contributed by atoms with Gasteiger partial charge in [0, 0.05) is 6.04 Å². The number of nitrogens with two attached hydrogens (primary N) is 1. The molecule has 0 aliphatic heterocycles. The fraction of sp³-hybridized carbons (Fsp3) is 0.588. The zero-order chi connectivity index (χ0) is 14.4. The number of fused-ring (bicyclic) bond motifs is 3. The van der Waals surface area contributed by atoms with Crippen molar-refractivity contribution >= 4 is 17.0 Å². The minimum absolute atomic E-state index is 0.537. The molecule has 0 spiro atoms. The minimum Gasteiger partial charge on any atom is -0.491 e. The highest BCUT2D eigenvalue weighted by atomic mass is 16.5. The standard InChI is InChI=1S/C17H23N3O/c1-2-8-21-15-5-3-4-13-16(15)19-17(18)20(13)14-10-11-6-7-12(14)9-11/h3-5,11-12,14H,2,6-10H2,1H3,(H2,18,19). The molecule has 2 bridgehead atoms. The number of aromatic nitrogens is 2. The molecule has 1 heterocycles. The molecule has 4 rings (SSSR count). The van der Waals surface area contributed by atoms with Gasteiger partial charge in [-0.15, -0.1) is 0 Å². The SMILES string of the molecule is CCCOc1cccc2c1nc(N)n2C1CC2CCC1C2. The Morgan fingerprint density at radius 3 is 2.95 bits per heavy atom. The molecule has 1 aromatic carbocycles. The lowest BCUT2D eigenvalue weighted by molar-refractivity contribution is 0.320. The Morgan fingerprint density at radius 1 is 1.33 bits per heavy atom. The van der Waals surface area contributed by atoms with Gasteiger partial charge in [0.25, 0.3) is 0 Å². The summed E-state index contributed by atoms with van der Waals surface area (Å²) >= 11 is 0. The number of para-hydroxylation sites is 1.